The van der Waals surface area contributed by atoms with Crippen molar-refractivity contribution in [2.45, 2.75) is 0 Å². The fourth-order valence-electron chi connectivity index (χ4n) is 0. The molecule has 0 unspecified atom stereocenters. The summed E-state index contributed by atoms with van der Waals surface area (Å²) in [4.78, 5) is 0. The van der Waals surface area contributed by atoms with E-state index in [1.54, 1.807) is 0 Å². The summed E-state index contributed by atoms with van der Waals surface area (Å²) < 4.78 is 0. The molecule has 0 fully saturated rings. The monoisotopic (exact) mass is 240 g/mol. The van der Waals surface area contributed by atoms with E-state index in [0.717, 1.165) is 0 Å². The fraction of sp³-hybridized carbons (Fsp3) is 0. The van der Waals surface area contributed by atoms with Gasteiger partial charge in [-0.25, -0.2) is 0 Å². The van der Waals surface area contributed by atoms with Crippen molar-refractivity contribution in [3.05, 3.63) is 0 Å². The largest absolute Gasteiger partial charge is 1.00 e. The minimum absolute atomic E-state index is 0. The zero-order valence-electron chi connectivity index (χ0n) is 1.88. The molecule has 0 atom stereocenters. The number of hydrogen-bond donors (Lipinski definition) is 2. The Kier molecular flexibility index (Phi) is 23.8. The molecule has 28 valence electrons. The number of rotatable bonds is 0. The molecule has 0 saturated heterocycles. The molecule has 0 aromatic carbocycles. The van der Waals surface area contributed by atoms with Crippen molar-refractivity contribution in [2.24, 2.45) is 5.73 Å². The molecule has 0 spiro atoms. The molecule has 0 radical (unpaired) electrons. The molecule has 3 N–H and O–H groups in total. The SMILES string of the molecule is N=[C-]N.[Au+]. The van der Waals surface area contributed by atoms with E-state index >= 15 is 0 Å². The van der Waals surface area contributed by atoms with E-state index in [1.165, 1.54) is 6.34 Å². The second-order valence-corrected chi connectivity index (χ2v) is 0.144. The van der Waals surface area contributed by atoms with Crippen molar-refractivity contribution in [2.75, 3.05) is 0 Å². The van der Waals surface area contributed by atoms with E-state index in [-0.39, 0.29) is 22.4 Å². The number of nitrogens with two attached hydrogens (primary N) is 1. The van der Waals surface area contributed by atoms with Gasteiger partial charge >= 0.3 is 22.4 Å². The predicted molar refractivity (Wildman–Crippen MR) is 11.9 cm³/mol. The summed E-state index contributed by atoms with van der Waals surface area (Å²) in [5.41, 5.74) is 4.26. The van der Waals surface area contributed by atoms with Gasteiger partial charge in [0.2, 0.25) is 0 Å². The zero-order valence-corrected chi connectivity index (χ0v) is 4.05. The van der Waals surface area contributed by atoms with Gasteiger partial charge in [0.15, 0.2) is 0 Å². The van der Waals surface area contributed by atoms with Crippen LogP contribution in [0.2, 0.25) is 0 Å². The number of nitrogens with one attached hydrogen (secondary N) is 1. The van der Waals surface area contributed by atoms with Gasteiger partial charge in [-0.05, 0) is 0 Å². The molecular formula is CH3AuN2. The van der Waals surface area contributed by atoms with Gasteiger partial charge < -0.3 is 17.5 Å². The van der Waals surface area contributed by atoms with Crippen molar-refractivity contribution in [3.8, 4) is 0 Å². The van der Waals surface area contributed by atoms with Gasteiger partial charge in [-0.15, -0.1) is 0 Å². The van der Waals surface area contributed by atoms with Crippen LogP contribution in [0.5, 0.6) is 0 Å². The third kappa shape index (κ3) is 73.2. The molecule has 0 saturated carbocycles. The van der Waals surface area contributed by atoms with Crippen molar-refractivity contribution in [1.82, 2.24) is 0 Å². The quantitative estimate of drug-likeness (QED) is 0.192. The molecular weight excluding hydrogens is 237 g/mol. The second-order valence-electron chi connectivity index (χ2n) is 0.144. The van der Waals surface area contributed by atoms with Crippen LogP contribution in [0, 0.1) is 5.41 Å². The van der Waals surface area contributed by atoms with Crippen molar-refractivity contribution < 1.29 is 22.4 Å². The Morgan fingerprint density at radius 1 is 1.75 bits per heavy atom. The maximum absolute atomic E-state index is 5.74. The Morgan fingerprint density at radius 3 is 1.75 bits per heavy atom. The summed E-state index contributed by atoms with van der Waals surface area (Å²) in [7, 11) is 0. The molecule has 0 aliphatic carbocycles. The predicted octanol–water partition coefficient (Wildman–Crippen LogP) is -0.573. The molecule has 0 bridgehead atoms. The van der Waals surface area contributed by atoms with E-state index in [4.69, 9.17) is 5.41 Å². The van der Waals surface area contributed by atoms with Gasteiger partial charge in [-0.1, -0.05) is 0 Å². The Hall–Kier alpha value is 0.210. The standard InChI is InChI=1S/CH3N2.Au/c2-1-3;/h(H3,2,3);/q-1;+1. The maximum Gasteiger partial charge on any atom is 1.00 e. The Bertz CT molecular complexity index is 13.5. The van der Waals surface area contributed by atoms with E-state index < -0.39 is 0 Å². The van der Waals surface area contributed by atoms with Crippen molar-refractivity contribution in [3.63, 3.8) is 0 Å². The van der Waals surface area contributed by atoms with Gasteiger partial charge in [0.05, 0.1) is 0 Å². The van der Waals surface area contributed by atoms with Crippen LogP contribution in [0.15, 0.2) is 0 Å². The average Bonchev–Trinajstić information content (AvgIpc) is 0.918. The molecule has 3 heteroatoms. The Balaban J connectivity index is 0. The van der Waals surface area contributed by atoms with Crippen molar-refractivity contribution in [1.29, 1.82) is 5.41 Å². The van der Waals surface area contributed by atoms with Crippen LogP contribution in [0.1, 0.15) is 0 Å². The van der Waals surface area contributed by atoms with E-state index in [0.29, 0.717) is 0 Å². The Labute approximate surface area is 40.4 Å². The van der Waals surface area contributed by atoms with Crippen LogP contribution in [-0.2, 0) is 22.4 Å². The molecule has 0 rings (SSSR count). The van der Waals surface area contributed by atoms with Gasteiger partial charge in [0, 0.05) is 0 Å². The molecule has 0 aliphatic heterocycles. The summed E-state index contributed by atoms with van der Waals surface area (Å²) in [6, 6.07) is 0. The summed E-state index contributed by atoms with van der Waals surface area (Å²) in [5.74, 6) is 0. The Morgan fingerprint density at radius 2 is 1.75 bits per heavy atom. The first-order valence-electron chi connectivity index (χ1n) is 0.539. The third-order valence-electron chi connectivity index (χ3n) is 0. The molecule has 2 nitrogen and oxygen atoms in total. The topological polar surface area (TPSA) is 49.9 Å². The van der Waals surface area contributed by atoms with E-state index in [2.05, 4.69) is 5.73 Å². The summed E-state index contributed by atoms with van der Waals surface area (Å²) in [5, 5.41) is 5.74. The van der Waals surface area contributed by atoms with Crippen LogP contribution in [0.3, 0.4) is 0 Å². The first-order chi connectivity index (χ1) is 1.41. The van der Waals surface area contributed by atoms with Gasteiger partial charge in [-0.2, -0.15) is 0 Å². The smallest absolute Gasteiger partial charge is 0.563 e. The van der Waals surface area contributed by atoms with Crippen LogP contribution >= 0.6 is 0 Å². The molecule has 0 heterocycles. The molecule has 4 heavy (non-hydrogen) atoms. The maximum atomic E-state index is 5.74. The molecule has 0 aliphatic rings. The minimum atomic E-state index is 0. The second kappa shape index (κ2) is 10.7. The third-order valence-corrected chi connectivity index (χ3v) is 0. The minimum Gasteiger partial charge on any atom is -0.563 e. The molecule has 0 amide bonds. The van der Waals surface area contributed by atoms with Gasteiger partial charge in [0.25, 0.3) is 0 Å². The zero-order chi connectivity index (χ0) is 2.71. The normalized spacial score (nSPS) is 3.00. The van der Waals surface area contributed by atoms with Crippen LogP contribution < -0.4 is 5.73 Å². The van der Waals surface area contributed by atoms with E-state index in [1.807, 2.05) is 0 Å². The molecule has 0 aromatic rings. The van der Waals surface area contributed by atoms with Gasteiger partial charge in [-0.3, -0.25) is 0 Å². The molecule has 0 aromatic heterocycles. The first-order valence-corrected chi connectivity index (χ1v) is 0.539. The van der Waals surface area contributed by atoms with Crippen molar-refractivity contribution >= 4 is 6.34 Å². The van der Waals surface area contributed by atoms with Gasteiger partial charge in [0.1, 0.15) is 0 Å². The van der Waals surface area contributed by atoms with Crippen LogP contribution in [0.25, 0.3) is 0 Å². The summed E-state index contributed by atoms with van der Waals surface area (Å²) in [6.45, 7) is 0. The summed E-state index contributed by atoms with van der Waals surface area (Å²) in [6.07, 6.45) is 1.50. The number of hydrogen-bond acceptors (Lipinski definition) is 1. The van der Waals surface area contributed by atoms with E-state index in [9.17, 15) is 0 Å². The first kappa shape index (κ1) is 8.88. The fourth-order valence-corrected chi connectivity index (χ4v) is 0. The van der Waals surface area contributed by atoms with Crippen LogP contribution in [-0.4, -0.2) is 6.34 Å². The summed E-state index contributed by atoms with van der Waals surface area (Å²) >= 11 is 0. The van der Waals surface area contributed by atoms with Crippen LogP contribution in [0.4, 0.5) is 0 Å². The average molecular weight is 240 g/mol.